The zero-order chi connectivity index (χ0) is 20.6. The molecule has 10 heteroatoms. The van der Waals surface area contributed by atoms with E-state index in [1.54, 1.807) is 0 Å². The van der Waals surface area contributed by atoms with E-state index in [1.807, 2.05) is 0 Å². The van der Waals surface area contributed by atoms with Crippen LogP contribution in [0.15, 0.2) is 48.0 Å². The first-order chi connectivity index (χ1) is 13.1. The van der Waals surface area contributed by atoms with Crippen molar-refractivity contribution >= 4 is 35.0 Å². The molecule has 0 spiro atoms. The molecule has 0 saturated carbocycles. The quantitative estimate of drug-likeness (QED) is 0.583. The maximum absolute atomic E-state index is 13.8. The number of nitro benzene ring substituents is 1. The fourth-order valence-corrected chi connectivity index (χ4v) is 3.35. The number of hydrogen-bond donors (Lipinski definition) is 1. The summed E-state index contributed by atoms with van der Waals surface area (Å²) in [5.41, 5.74) is -0.959. The van der Waals surface area contributed by atoms with Crippen LogP contribution in [0.5, 0.6) is 0 Å². The van der Waals surface area contributed by atoms with Crippen LogP contribution in [-0.4, -0.2) is 28.2 Å². The first kappa shape index (κ1) is 19.7. The zero-order valence-corrected chi connectivity index (χ0v) is 14.7. The highest BCUT2D eigenvalue weighted by Gasteiger charge is 2.50. The van der Waals surface area contributed by atoms with E-state index in [0.29, 0.717) is 0 Å². The molecule has 0 amide bonds. The fraction of sp³-hybridized carbons (Fsp3) is 0.167. The summed E-state index contributed by atoms with van der Waals surface area (Å²) >= 11 is 5.90. The number of fused-ring (bicyclic) bond motifs is 1. The van der Waals surface area contributed by atoms with Crippen LogP contribution in [0.1, 0.15) is 11.1 Å². The van der Waals surface area contributed by atoms with Crippen molar-refractivity contribution in [1.82, 2.24) is 0 Å². The van der Waals surface area contributed by atoms with E-state index in [9.17, 15) is 33.2 Å². The van der Waals surface area contributed by atoms with Crippen LogP contribution in [0, 0.1) is 10.1 Å². The number of carboxylic acids is 1. The molecule has 3 rings (SSSR count). The van der Waals surface area contributed by atoms with Crippen LogP contribution in [0.25, 0.3) is 6.08 Å². The minimum Gasteiger partial charge on any atom is -0.478 e. The van der Waals surface area contributed by atoms with Crippen LogP contribution in [0.3, 0.4) is 0 Å². The van der Waals surface area contributed by atoms with Gasteiger partial charge in [-0.25, -0.2) is 4.79 Å². The number of anilines is 1. The molecule has 1 aliphatic rings. The lowest BCUT2D eigenvalue weighted by Gasteiger charge is -2.39. The van der Waals surface area contributed by atoms with Crippen molar-refractivity contribution in [1.29, 1.82) is 0 Å². The fourth-order valence-electron chi connectivity index (χ4n) is 3.17. The minimum absolute atomic E-state index is 0.0225. The van der Waals surface area contributed by atoms with Gasteiger partial charge in [-0.05, 0) is 29.8 Å². The van der Waals surface area contributed by atoms with Crippen LogP contribution in [0.2, 0.25) is 5.02 Å². The number of rotatable bonds is 4. The highest BCUT2D eigenvalue weighted by atomic mass is 35.5. The average molecular weight is 413 g/mol. The Bertz CT molecular complexity index is 991. The Balaban J connectivity index is 2.20. The zero-order valence-electron chi connectivity index (χ0n) is 14.0. The number of carbonyl (C=O) groups is 1. The molecule has 28 heavy (non-hydrogen) atoms. The molecular weight excluding hydrogens is 401 g/mol. The van der Waals surface area contributed by atoms with Crippen LogP contribution in [0.4, 0.5) is 24.5 Å². The first-order valence-corrected chi connectivity index (χ1v) is 8.27. The van der Waals surface area contributed by atoms with Gasteiger partial charge >= 0.3 is 12.1 Å². The summed E-state index contributed by atoms with van der Waals surface area (Å²) in [6, 6.07) is 6.96. The molecule has 0 radical (unpaired) electrons. The van der Waals surface area contributed by atoms with Crippen molar-refractivity contribution in [3.63, 3.8) is 0 Å². The van der Waals surface area contributed by atoms with Crippen molar-refractivity contribution in [3.05, 3.63) is 74.3 Å². The molecule has 1 unspecified atom stereocenters. The van der Waals surface area contributed by atoms with Gasteiger partial charge in [0.25, 0.3) is 5.69 Å². The number of halogens is 4. The largest absolute Gasteiger partial charge is 0.478 e. The number of para-hydroxylation sites is 1. The van der Waals surface area contributed by atoms with E-state index in [-0.39, 0.29) is 27.5 Å². The molecule has 1 aliphatic heterocycles. The monoisotopic (exact) mass is 412 g/mol. The molecule has 0 aromatic heterocycles. The highest BCUT2D eigenvalue weighted by molar-refractivity contribution is 6.30. The van der Waals surface area contributed by atoms with Crippen molar-refractivity contribution in [2.75, 3.05) is 4.90 Å². The molecule has 1 N–H and O–H groups in total. The van der Waals surface area contributed by atoms with Gasteiger partial charge in [-0.15, -0.1) is 0 Å². The van der Waals surface area contributed by atoms with Crippen molar-refractivity contribution in [2.45, 2.75) is 18.8 Å². The second-order valence-corrected chi connectivity index (χ2v) is 6.50. The summed E-state index contributed by atoms with van der Waals surface area (Å²) in [6.45, 7) is -0.513. The Morgan fingerprint density at radius 2 is 1.93 bits per heavy atom. The molecule has 146 valence electrons. The van der Waals surface area contributed by atoms with E-state index in [1.165, 1.54) is 42.5 Å². The van der Waals surface area contributed by atoms with Gasteiger partial charge in [0, 0.05) is 22.3 Å². The Morgan fingerprint density at radius 3 is 2.54 bits per heavy atom. The SMILES string of the molecule is O=C(O)C1=Cc2cc(Cl)ccc2N(Cc2ccccc2[N+](=O)[O-])C1C(F)(F)F. The van der Waals surface area contributed by atoms with E-state index in [2.05, 4.69) is 0 Å². The Hall–Kier alpha value is -3.07. The van der Waals surface area contributed by atoms with Gasteiger partial charge in [-0.2, -0.15) is 13.2 Å². The van der Waals surface area contributed by atoms with E-state index in [0.717, 1.165) is 11.0 Å². The van der Waals surface area contributed by atoms with E-state index >= 15 is 0 Å². The summed E-state index contributed by atoms with van der Waals surface area (Å²) < 4.78 is 41.5. The molecule has 1 atom stereocenters. The number of carboxylic acid groups (broad SMARTS) is 1. The molecular formula is C18H12ClF3N2O4. The van der Waals surface area contributed by atoms with Crippen molar-refractivity contribution < 1.29 is 28.0 Å². The third-order valence-electron chi connectivity index (χ3n) is 4.30. The summed E-state index contributed by atoms with van der Waals surface area (Å²) in [5, 5.41) is 20.8. The molecule has 1 heterocycles. The van der Waals surface area contributed by atoms with E-state index < -0.39 is 35.2 Å². The van der Waals surface area contributed by atoms with Crippen LogP contribution in [-0.2, 0) is 11.3 Å². The normalized spacial score (nSPS) is 16.4. The smallest absolute Gasteiger partial charge is 0.413 e. The summed E-state index contributed by atoms with van der Waals surface area (Å²) in [4.78, 5) is 22.9. The molecule has 0 aliphatic carbocycles. The summed E-state index contributed by atoms with van der Waals surface area (Å²) in [7, 11) is 0. The topological polar surface area (TPSA) is 83.7 Å². The molecule has 2 aromatic carbocycles. The predicted molar refractivity (Wildman–Crippen MR) is 96.2 cm³/mol. The second kappa shape index (κ2) is 7.16. The first-order valence-electron chi connectivity index (χ1n) is 7.89. The van der Waals surface area contributed by atoms with Gasteiger partial charge in [0.05, 0.1) is 17.0 Å². The Labute approximate surface area is 161 Å². The number of nitro groups is 1. The lowest BCUT2D eigenvalue weighted by atomic mass is 9.93. The predicted octanol–water partition coefficient (Wildman–Crippen LogP) is 4.67. The maximum Gasteiger partial charge on any atom is 0.413 e. The third-order valence-corrected chi connectivity index (χ3v) is 4.54. The van der Waals surface area contributed by atoms with Gasteiger partial charge in [-0.3, -0.25) is 10.1 Å². The lowest BCUT2D eigenvalue weighted by molar-refractivity contribution is -0.385. The van der Waals surface area contributed by atoms with Crippen LogP contribution < -0.4 is 4.90 Å². The van der Waals surface area contributed by atoms with Crippen molar-refractivity contribution in [2.24, 2.45) is 0 Å². The van der Waals surface area contributed by atoms with Gasteiger partial charge in [0.15, 0.2) is 6.04 Å². The highest BCUT2D eigenvalue weighted by Crippen LogP contribution is 2.42. The van der Waals surface area contributed by atoms with Gasteiger partial charge in [0.2, 0.25) is 0 Å². The maximum atomic E-state index is 13.8. The molecule has 2 aromatic rings. The molecule has 6 nitrogen and oxygen atoms in total. The number of nitrogens with zero attached hydrogens (tertiary/aromatic N) is 2. The molecule has 0 fully saturated rings. The number of benzene rings is 2. The van der Waals surface area contributed by atoms with Gasteiger partial charge < -0.3 is 10.0 Å². The van der Waals surface area contributed by atoms with E-state index in [4.69, 9.17) is 11.6 Å². The lowest BCUT2D eigenvalue weighted by Crippen LogP contribution is -2.50. The third kappa shape index (κ3) is 3.65. The molecule has 0 bridgehead atoms. The van der Waals surface area contributed by atoms with Gasteiger partial charge in [-0.1, -0.05) is 29.8 Å². The number of aliphatic carboxylic acids is 1. The number of alkyl halides is 3. The van der Waals surface area contributed by atoms with Crippen LogP contribution >= 0.6 is 11.6 Å². The second-order valence-electron chi connectivity index (χ2n) is 6.07. The molecule has 0 saturated heterocycles. The standard InChI is InChI=1S/C18H12ClF3N2O4/c19-12-5-6-14-11(7-12)8-13(17(25)26)16(18(20,21)22)23(14)9-10-3-1-2-4-15(10)24(27)28/h1-8,16H,9H2,(H,25,26). The Morgan fingerprint density at radius 1 is 1.25 bits per heavy atom. The van der Waals surface area contributed by atoms with Crippen molar-refractivity contribution in [3.8, 4) is 0 Å². The average Bonchev–Trinajstić information content (AvgIpc) is 2.60. The Kier molecular flexibility index (Phi) is 5.03. The van der Waals surface area contributed by atoms with Gasteiger partial charge in [0.1, 0.15) is 0 Å². The number of hydrogen-bond acceptors (Lipinski definition) is 4. The summed E-state index contributed by atoms with van der Waals surface area (Å²) in [6.07, 6.45) is -4.00. The minimum atomic E-state index is -4.93. The summed E-state index contributed by atoms with van der Waals surface area (Å²) in [5.74, 6) is -1.74.